The van der Waals surface area contributed by atoms with Crippen molar-refractivity contribution >= 4 is 12.4 Å². The molecule has 0 bridgehead atoms. The van der Waals surface area contributed by atoms with Gasteiger partial charge < -0.3 is 9.47 Å². The van der Waals surface area contributed by atoms with Crippen molar-refractivity contribution < 1.29 is 19.1 Å². The lowest BCUT2D eigenvalue weighted by Gasteiger charge is -2.25. The lowest BCUT2D eigenvalue weighted by molar-refractivity contribution is -0.162. The molecule has 1 unspecified atom stereocenters. The molecule has 0 aromatic carbocycles. The quantitative estimate of drug-likeness (QED) is 0.632. The van der Waals surface area contributed by atoms with Gasteiger partial charge >= 0.3 is 12.4 Å². The van der Waals surface area contributed by atoms with E-state index in [1.165, 1.54) is 13.4 Å². The Morgan fingerprint density at radius 2 is 1.53 bits per heavy atom. The van der Waals surface area contributed by atoms with Crippen molar-refractivity contribution in [2.45, 2.75) is 46.8 Å². The fourth-order valence-electron chi connectivity index (χ4n) is 1.39. The van der Waals surface area contributed by atoms with Crippen molar-refractivity contribution in [3.05, 3.63) is 0 Å². The highest BCUT2D eigenvalue weighted by molar-refractivity contribution is 5.75. The van der Waals surface area contributed by atoms with E-state index in [1.807, 2.05) is 27.7 Å². The van der Waals surface area contributed by atoms with Gasteiger partial charge in [0, 0.05) is 0 Å². The monoisotopic (exact) mass is 215 g/mol. The molecule has 0 aromatic heterocycles. The Bertz CT molecular complexity index is 203. The lowest BCUT2D eigenvalue weighted by Crippen LogP contribution is -2.33. The second-order valence-electron chi connectivity index (χ2n) is 4.23. The maximum absolute atomic E-state index is 11.4. The third-order valence-corrected chi connectivity index (χ3v) is 2.12. The normalized spacial score (nSPS) is 13.1. The van der Waals surface area contributed by atoms with Crippen LogP contribution in [0.25, 0.3) is 0 Å². The van der Waals surface area contributed by atoms with E-state index < -0.39 is 12.1 Å². The van der Waals surface area contributed by atoms with Gasteiger partial charge in [-0.25, -0.2) is 9.59 Å². The highest BCUT2D eigenvalue weighted by atomic mass is 16.6. The minimum atomic E-state index is -0.887. The summed E-state index contributed by atoms with van der Waals surface area (Å²) in [6.45, 7) is 10.6. The molecule has 0 aliphatic heterocycles. The van der Waals surface area contributed by atoms with Gasteiger partial charge in [-0.1, -0.05) is 27.7 Å². The van der Waals surface area contributed by atoms with Crippen LogP contribution in [0.5, 0.6) is 0 Å². The smallest absolute Gasteiger partial charge is 0.418 e. The molecule has 4 nitrogen and oxygen atoms in total. The summed E-state index contributed by atoms with van der Waals surface area (Å²) in [4.78, 5) is 21.3. The molecule has 15 heavy (non-hydrogen) atoms. The van der Waals surface area contributed by atoms with E-state index in [-0.39, 0.29) is 17.9 Å². The third-order valence-electron chi connectivity index (χ3n) is 2.12. The van der Waals surface area contributed by atoms with Crippen molar-refractivity contribution in [3.8, 4) is 0 Å². The summed E-state index contributed by atoms with van der Waals surface area (Å²) in [5.41, 5.74) is 0. The molecule has 1 atom stereocenters. The van der Waals surface area contributed by atoms with Crippen LogP contribution < -0.4 is 0 Å². The first-order valence-electron chi connectivity index (χ1n) is 5.13. The molecule has 0 spiro atoms. The number of rotatable bonds is 6. The molecule has 0 fully saturated rings. The summed E-state index contributed by atoms with van der Waals surface area (Å²) < 4.78 is 9.63. The van der Waals surface area contributed by atoms with Crippen LogP contribution in [0.15, 0.2) is 0 Å². The number of hydrogen-bond acceptors (Lipinski definition) is 4. The van der Waals surface area contributed by atoms with E-state index in [9.17, 15) is 9.59 Å². The molecular formula is C11H19O4. The summed E-state index contributed by atoms with van der Waals surface area (Å²) >= 11 is 0. The molecule has 0 aliphatic carbocycles. The van der Waals surface area contributed by atoms with Gasteiger partial charge in [0.25, 0.3) is 0 Å². The molecule has 0 rings (SSSR count). The van der Waals surface area contributed by atoms with Crippen molar-refractivity contribution in [2.24, 2.45) is 11.8 Å². The van der Waals surface area contributed by atoms with Crippen LogP contribution in [0, 0.1) is 11.8 Å². The maximum Gasteiger partial charge on any atom is 0.418 e. The largest absolute Gasteiger partial charge is 0.459 e. The van der Waals surface area contributed by atoms with Gasteiger partial charge in [-0.2, -0.15) is 0 Å². The molecule has 87 valence electrons. The van der Waals surface area contributed by atoms with Crippen molar-refractivity contribution in [2.75, 3.05) is 0 Å². The third kappa shape index (κ3) is 4.81. The summed E-state index contributed by atoms with van der Waals surface area (Å²) in [6.07, 6.45) is -1.04. The van der Waals surface area contributed by atoms with Crippen LogP contribution in [-0.4, -0.2) is 24.6 Å². The average molecular weight is 215 g/mol. The minimum Gasteiger partial charge on any atom is -0.459 e. The predicted octanol–water partition coefficient (Wildman–Crippen LogP) is 1.68. The number of carbonyl (C=O) groups is 1. The van der Waals surface area contributed by atoms with Gasteiger partial charge in [0.1, 0.15) is 6.10 Å². The standard InChI is InChI=1S/C11H19O4/c1-7(2)10(8(3)4)15-11(13)9(5)14-6-12/h7-10H,1-5H3. The van der Waals surface area contributed by atoms with Crippen molar-refractivity contribution in [1.29, 1.82) is 0 Å². The van der Waals surface area contributed by atoms with Crippen LogP contribution in [0.1, 0.15) is 34.6 Å². The lowest BCUT2D eigenvalue weighted by atomic mass is 9.96. The van der Waals surface area contributed by atoms with Gasteiger partial charge in [0.15, 0.2) is 6.10 Å². The van der Waals surface area contributed by atoms with Crippen LogP contribution in [0.2, 0.25) is 0 Å². The van der Waals surface area contributed by atoms with Gasteiger partial charge in [-0.15, -0.1) is 0 Å². The molecular weight excluding hydrogens is 196 g/mol. The Morgan fingerprint density at radius 1 is 1.07 bits per heavy atom. The number of ether oxygens (including phenoxy) is 2. The van der Waals surface area contributed by atoms with Crippen LogP contribution in [0.4, 0.5) is 0 Å². The highest BCUT2D eigenvalue weighted by Crippen LogP contribution is 2.17. The summed E-state index contributed by atoms with van der Waals surface area (Å²) in [7, 11) is 0. The van der Waals surface area contributed by atoms with Crippen LogP contribution in [0.3, 0.4) is 0 Å². The van der Waals surface area contributed by atoms with Crippen LogP contribution >= 0.6 is 0 Å². The van der Waals surface area contributed by atoms with E-state index in [0.29, 0.717) is 0 Å². The molecule has 0 saturated heterocycles. The topological polar surface area (TPSA) is 52.6 Å². The Labute approximate surface area is 90.9 Å². The molecule has 0 saturated carbocycles. The summed E-state index contributed by atoms with van der Waals surface area (Å²) in [5, 5.41) is 0. The molecule has 4 heteroatoms. The van der Waals surface area contributed by atoms with E-state index in [2.05, 4.69) is 4.74 Å². The molecule has 0 aliphatic rings. The Kier molecular flexibility index (Phi) is 5.97. The van der Waals surface area contributed by atoms with Gasteiger partial charge in [0.05, 0.1) is 0 Å². The maximum atomic E-state index is 11.4. The second-order valence-corrected chi connectivity index (χ2v) is 4.23. The number of carbonyl (C=O) groups excluding carboxylic acids is 2. The molecule has 0 N–H and O–H groups in total. The Balaban J connectivity index is 4.28. The van der Waals surface area contributed by atoms with E-state index in [4.69, 9.17) is 4.74 Å². The summed E-state index contributed by atoms with van der Waals surface area (Å²) in [6, 6.07) is 0. The van der Waals surface area contributed by atoms with Gasteiger partial charge in [-0.05, 0) is 18.8 Å². The fraction of sp³-hybridized carbons (Fsp3) is 0.818. The van der Waals surface area contributed by atoms with Gasteiger partial charge in [0.2, 0.25) is 0 Å². The number of esters is 1. The summed E-state index contributed by atoms with van der Waals surface area (Å²) in [5.74, 6) is -0.0477. The van der Waals surface area contributed by atoms with E-state index >= 15 is 0 Å². The fourth-order valence-corrected chi connectivity index (χ4v) is 1.39. The Morgan fingerprint density at radius 3 is 1.87 bits per heavy atom. The predicted molar refractivity (Wildman–Crippen MR) is 55.8 cm³/mol. The SMILES string of the molecule is CC(O[C]=O)C(=O)OC(C(C)C)C(C)C. The average Bonchev–Trinajstić information content (AvgIpc) is 2.12. The zero-order valence-electron chi connectivity index (χ0n) is 9.94. The van der Waals surface area contributed by atoms with Gasteiger partial charge in [-0.3, -0.25) is 0 Å². The zero-order valence-corrected chi connectivity index (χ0v) is 9.94. The highest BCUT2D eigenvalue weighted by Gasteiger charge is 2.25. The first-order chi connectivity index (χ1) is 6.90. The Hall–Kier alpha value is -1.06. The number of hydrogen-bond donors (Lipinski definition) is 0. The second kappa shape index (κ2) is 6.43. The molecule has 1 radical (unpaired) electrons. The van der Waals surface area contributed by atoms with E-state index in [1.54, 1.807) is 0 Å². The molecule has 0 amide bonds. The van der Waals surface area contributed by atoms with Crippen molar-refractivity contribution in [3.63, 3.8) is 0 Å². The molecule has 0 heterocycles. The van der Waals surface area contributed by atoms with Crippen LogP contribution in [-0.2, 0) is 19.1 Å². The van der Waals surface area contributed by atoms with E-state index in [0.717, 1.165) is 0 Å². The van der Waals surface area contributed by atoms with Crippen molar-refractivity contribution in [1.82, 2.24) is 0 Å². The first-order valence-corrected chi connectivity index (χ1v) is 5.13. The minimum absolute atomic E-state index is 0.157. The molecule has 0 aromatic rings. The first kappa shape index (κ1) is 13.9. The zero-order chi connectivity index (χ0) is 12.0.